The van der Waals surface area contributed by atoms with Gasteiger partial charge in [-0.3, -0.25) is 9.59 Å². The molecule has 0 fully saturated rings. The Morgan fingerprint density at radius 1 is 1.27 bits per heavy atom. The second-order valence-corrected chi connectivity index (χ2v) is 5.46. The van der Waals surface area contributed by atoms with Gasteiger partial charge in [-0.2, -0.15) is 0 Å². The summed E-state index contributed by atoms with van der Waals surface area (Å²) in [6.07, 6.45) is 1.78. The van der Waals surface area contributed by atoms with Crippen LogP contribution < -0.4 is 5.32 Å². The lowest BCUT2D eigenvalue weighted by atomic mass is 9.93. The monoisotopic (exact) mass is 314 g/mol. The van der Waals surface area contributed by atoms with Gasteiger partial charge in [0.25, 0.3) is 12.9 Å². The van der Waals surface area contributed by atoms with Crippen LogP contribution in [0.15, 0.2) is 12.3 Å². The van der Waals surface area contributed by atoms with Crippen LogP contribution in [0, 0.1) is 12.3 Å². The molecule has 8 heteroatoms. The van der Waals surface area contributed by atoms with Gasteiger partial charge in [0, 0.05) is 19.3 Å². The molecule has 0 aliphatic carbocycles. The van der Waals surface area contributed by atoms with Crippen molar-refractivity contribution >= 4 is 18.8 Å². The molecule has 0 spiro atoms. The van der Waals surface area contributed by atoms with Crippen LogP contribution in [0.25, 0.3) is 0 Å². The SMILES string of the molecule is Cc1nccc(NCC(C)(C)CN(C)C)n1.O=CO.O=CO. The van der Waals surface area contributed by atoms with Crippen molar-refractivity contribution in [3.63, 3.8) is 0 Å². The zero-order chi connectivity index (χ0) is 17.6. The van der Waals surface area contributed by atoms with Crippen molar-refractivity contribution in [2.24, 2.45) is 5.41 Å². The maximum absolute atomic E-state index is 8.36. The fraction of sp³-hybridized carbons (Fsp3) is 0.571. The third kappa shape index (κ3) is 14.2. The van der Waals surface area contributed by atoms with Crippen molar-refractivity contribution in [2.45, 2.75) is 20.8 Å². The van der Waals surface area contributed by atoms with E-state index in [1.165, 1.54) is 0 Å². The number of carboxylic acid groups (broad SMARTS) is 2. The number of nitrogens with one attached hydrogen (secondary N) is 1. The van der Waals surface area contributed by atoms with Crippen molar-refractivity contribution < 1.29 is 19.8 Å². The molecule has 22 heavy (non-hydrogen) atoms. The van der Waals surface area contributed by atoms with E-state index in [0.29, 0.717) is 0 Å². The zero-order valence-corrected chi connectivity index (χ0v) is 13.8. The Bertz CT molecular complexity index is 419. The average molecular weight is 314 g/mol. The molecule has 0 aliphatic heterocycles. The first-order chi connectivity index (χ1) is 10.2. The number of rotatable bonds is 5. The molecule has 0 saturated heterocycles. The van der Waals surface area contributed by atoms with E-state index in [0.717, 1.165) is 24.7 Å². The lowest BCUT2D eigenvalue weighted by Crippen LogP contribution is -2.34. The average Bonchev–Trinajstić information content (AvgIpc) is 2.37. The molecule has 0 radical (unpaired) electrons. The lowest BCUT2D eigenvalue weighted by Gasteiger charge is -2.28. The summed E-state index contributed by atoms with van der Waals surface area (Å²) in [4.78, 5) is 27.3. The molecule has 0 amide bonds. The van der Waals surface area contributed by atoms with Crippen molar-refractivity contribution in [2.75, 3.05) is 32.5 Å². The first-order valence-electron chi connectivity index (χ1n) is 6.56. The van der Waals surface area contributed by atoms with E-state index in [1.807, 2.05) is 13.0 Å². The largest absolute Gasteiger partial charge is 0.483 e. The van der Waals surface area contributed by atoms with Crippen LogP contribution in [-0.2, 0) is 9.59 Å². The van der Waals surface area contributed by atoms with Gasteiger partial charge >= 0.3 is 0 Å². The Hall–Kier alpha value is -2.22. The van der Waals surface area contributed by atoms with Crippen LogP contribution in [0.5, 0.6) is 0 Å². The molecule has 0 aromatic carbocycles. The fourth-order valence-corrected chi connectivity index (χ4v) is 1.80. The molecule has 1 aromatic heterocycles. The van der Waals surface area contributed by atoms with Gasteiger partial charge in [-0.1, -0.05) is 13.8 Å². The number of nitrogens with zero attached hydrogens (tertiary/aromatic N) is 3. The van der Waals surface area contributed by atoms with E-state index < -0.39 is 0 Å². The van der Waals surface area contributed by atoms with Crippen LogP contribution in [0.4, 0.5) is 5.82 Å². The van der Waals surface area contributed by atoms with Gasteiger partial charge in [0.05, 0.1) is 0 Å². The molecule has 0 aliphatic rings. The van der Waals surface area contributed by atoms with Crippen LogP contribution in [0.2, 0.25) is 0 Å². The highest BCUT2D eigenvalue weighted by Gasteiger charge is 2.18. The summed E-state index contributed by atoms with van der Waals surface area (Å²) in [6.45, 7) is 7.84. The minimum atomic E-state index is -0.250. The van der Waals surface area contributed by atoms with Gasteiger partial charge < -0.3 is 20.4 Å². The molecule has 0 atom stereocenters. The Morgan fingerprint density at radius 2 is 1.77 bits per heavy atom. The van der Waals surface area contributed by atoms with Gasteiger partial charge in [-0.25, -0.2) is 9.97 Å². The maximum atomic E-state index is 8.36. The summed E-state index contributed by atoms with van der Waals surface area (Å²) >= 11 is 0. The summed E-state index contributed by atoms with van der Waals surface area (Å²) in [6, 6.07) is 1.90. The predicted molar refractivity (Wildman–Crippen MR) is 85.0 cm³/mol. The van der Waals surface area contributed by atoms with Crippen molar-refractivity contribution in [3.8, 4) is 0 Å². The maximum Gasteiger partial charge on any atom is 0.290 e. The van der Waals surface area contributed by atoms with Gasteiger partial charge in [-0.05, 0) is 32.5 Å². The fourth-order valence-electron chi connectivity index (χ4n) is 1.80. The third-order valence-corrected chi connectivity index (χ3v) is 2.27. The summed E-state index contributed by atoms with van der Waals surface area (Å²) in [5.74, 6) is 1.70. The van der Waals surface area contributed by atoms with Crippen molar-refractivity contribution in [1.82, 2.24) is 14.9 Å². The highest BCUT2D eigenvalue weighted by Crippen LogP contribution is 2.16. The van der Waals surface area contributed by atoms with Gasteiger partial charge in [0.1, 0.15) is 11.6 Å². The first kappa shape index (κ1) is 22.1. The van der Waals surface area contributed by atoms with E-state index >= 15 is 0 Å². The highest BCUT2D eigenvalue weighted by atomic mass is 16.3. The molecular formula is C14H26N4O4. The van der Waals surface area contributed by atoms with Gasteiger partial charge in [0.2, 0.25) is 0 Å². The molecule has 1 rings (SSSR count). The second kappa shape index (κ2) is 12.5. The smallest absolute Gasteiger partial charge is 0.290 e. The predicted octanol–water partition coefficient (Wildman–Crippen LogP) is 1.19. The Labute approximate surface area is 131 Å². The molecule has 126 valence electrons. The number of carbonyl (C=O) groups is 2. The molecular weight excluding hydrogens is 288 g/mol. The van der Waals surface area contributed by atoms with E-state index in [2.05, 4.69) is 48.1 Å². The minimum absolute atomic E-state index is 0.225. The Balaban J connectivity index is 0. The van der Waals surface area contributed by atoms with E-state index in [4.69, 9.17) is 19.8 Å². The Kier molecular flexibility index (Phi) is 12.6. The van der Waals surface area contributed by atoms with Gasteiger partial charge in [-0.15, -0.1) is 0 Å². The zero-order valence-electron chi connectivity index (χ0n) is 13.8. The first-order valence-corrected chi connectivity index (χ1v) is 6.56. The molecule has 8 nitrogen and oxygen atoms in total. The number of aryl methyl sites for hydroxylation is 1. The molecule has 0 bridgehead atoms. The third-order valence-electron chi connectivity index (χ3n) is 2.27. The Morgan fingerprint density at radius 3 is 2.18 bits per heavy atom. The summed E-state index contributed by atoms with van der Waals surface area (Å²) in [5.41, 5.74) is 0.225. The quantitative estimate of drug-likeness (QED) is 0.694. The number of hydrogen-bond donors (Lipinski definition) is 3. The van der Waals surface area contributed by atoms with Crippen LogP contribution >= 0.6 is 0 Å². The molecule has 1 aromatic rings. The van der Waals surface area contributed by atoms with Crippen molar-refractivity contribution in [1.29, 1.82) is 0 Å². The lowest BCUT2D eigenvalue weighted by molar-refractivity contribution is -0.123. The summed E-state index contributed by atoms with van der Waals surface area (Å²) in [7, 11) is 4.19. The molecule has 3 N–H and O–H groups in total. The van der Waals surface area contributed by atoms with Crippen LogP contribution in [0.3, 0.4) is 0 Å². The number of aromatic nitrogens is 2. The molecule has 0 unspecified atom stereocenters. The van der Waals surface area contributed by atoms with Crippen LogP contribution in [0.1, 0.15) is 19.7 Å². The summed E-state index contributed by atoms with van der Waals surface area (Å²) in [5, 5.41) is 17.1. The highest BCUT2D eigenvalue weighted by molar-refractivity contribution is 5.33. The van der Waals surface area contributed by atoms with Crippen molar-refractivity contribution in [3.05, 3.63) is 18.1 Å². The second-order valence-electron chi connectivity index (χ2n) is 5.46. The summed E-state index contributed by atoms with van der Waals surface area (Å²) < 4.78 is 0. The van der Waals surface area contributed by atoms with E-state index in [-0.39, 0.29) is 18.4 Å². The van der Waals surface area contributed by atoms with Crippen LogP contribution in [-0.4, -0.2) is 65.2 Å². The topological polar surface area (TPSA) is 116 Å². The number of anilines is 1. The molecule has 1 heterocycles. The number of hydrogen-bond acceptors (Lipinski definition) is 6. The minimum Gasteiger partial charge on any atom is -0.483 e. The molecule has 0 saturated carbocycles. The van der Waals surface area contributed by atoms with E-state index in [1.54, 1.807) is 6.20 Å². The normalized spacial score (nSPS) is 9.73. The van der Waals surface area contributed by atoms with E-state index in [9.17, 15) is 0 Å². The van der Waals surface area contributed by atoms with Gasteiger partial charge in [0.15, 0.2) is 0 Å². The standard InChI is InChI=1S/C12H22N4.2CH2O2/c1-10-13-7-6-11(15-10)14-8-12(2,3)9-16(4)5;2*2-1-3/h6-7H,8-9H2,1-5H3,(H,13,14,15);2*1H,(H,2,3).